The fourth-order valence-corrected chi connectivity index (χ4v) is 2.91. The van der Waals surface area contributed by atoms with Crippen LogP contribution in [0.25, 0.3) is 0 Å². The zero-order valence-electron chi connectivity index (χ0n) is 11.6. The largest absolute Gasteiger partial charge is 0.469 e. The SMILES string of the molecule is Cc1occc1CN(C)CC1CCCCCC1O. The summed E-state index contributed by atoms with van der Waals surface area (Å²) in [4.78, 5) is 2.30. The molecule has 0 bridgehead atoms. The minimum Gasteiger partial charge on any atom is -0.469 e. The van der Waals surface area contributed by atoms with Crippen LogP contribution in [0.15, 0.2) is 16.7 Å². The molecular formula is C15H25NO2. The number of rotatable bonds is 4. The van der Waals surface area contributed by atoms with Crippen LogP contribution in [-0.4, -0.2) is 29.7 Å². The van der Waals surface area contributed by atoms with Crippen molar-refractivity contribution >= 4 is 0 Å². The highest BCUT2D eigenvalue weighted by Crippen LogP contribution is 2.24. The van der Waals surface area contributed by atoms with Gasteiger partial charge in [-0.15, -0.1) is 0 Å². The van der Waals surface area contributed by atoms with Gasteiger partial charge in [0.05, 0.1) is 12.4 Å². The van der Waals surface area contributed by atoms with Gasteiger partial charge in [-0.3, -0.25) is 0 Å². The van der Waals surface area contributed by atoms with Crippen molar-refractivity contribution < 1.29 is 9.52 Å². The van der Waals surface area contributed by atoms with Crippen molar-refractivity contribution in [1.82, 2.24) is 4.90 Å². The first-order valence-corrected chi connectivity index (χ1v) is 7.06. The summed E-state index contributed by atoms with van der Waals surface area (Å²) >= 11 is 0. The Morgan fingerprint density at radius 2 is 2.11 bits per heavy atom. The van der Waals surface area contributed by atoms with E-state index in [0.29, 0.717) is 5.92 Å². The highest BCUT2D eigenvalue weighted by molar-refractivity contribution is 5.14. The standard InChI is InChI=1S/C15H25NO2/c1-12-13(8-9-18-12)10-16(2)11-14-6-4-3-5-7-15(14)17/h8-9,14-15,17H,3-7,10-11H2,1-2H3. The van der Waals surface area contributed by atoms with E-state index in [9.17, 15) is 5.11 Å². The van der Waals surface area contributed by atoms with Crippen LogP contribution in [0.3, 0.4) is 0 Å². The van der Waals surface area contributed by atoms with Crippen molar-refractivity contribution in [2.24, 2.45) is 5.92 Å². The van der Waals surface area contributed by atoms with Crippen LogP contribution in [0.4, 0.5) is 0 Å². The van der Waals surface area contributed by atoms with E-state index in [1.165, 1.54) is 24.8 Å². The molecule has 0 radical (unpaired) electrons. The summed E-state index contributed by atoms with van der Waals surface area (Å²) in [5.41, 5.74) is 1.25. The van der Waals surface area contributed by atoms with Crippen LogP contribution in [0.1, 0.15) is 43.4 Å². The topological polar surface area (TPSA) is 36.6 Å². The van der Waals surface area contributed by atoms with Gasteiger partial charge in [-0.25, -0.2) is 0 Å². The van der Waals surface area contributed by atoms with Crippen LogP contribution in [-0.2, 0) is 6.54 Å². The molecule has 0 spiro atoms. The summed E-state index contributed by atoms with van der Waals surface area (Å²) in [7, 11) is 2.13. The molecule has 2 rings (SSSR count). The molecule has 1 aliphatic rings. The lowest BCUT2D eigenvalue weighted by Gasteiger charge is -2.26. The molecule has 1 saturated carbocycles. The van der Waals surface area contributed by atoms with Crippen LogP contribution in [0, 0.1) is 12.8 Å². The highest BCUT2D eigenvalue weighted by atomic mass is 16.3. The van der Waals surface area contributed by atoms with Gasteiger partial charge in [0.1, 0.15) is 5.76 Å². The number of aliphatic hydroxyl groups excluding tert-OH is 1. The minimum absolute atomic E-state index is 0.111. The van der Waals surface area contributed by atoms with E-state index in [0.717, 1.165) is 31.7 Å². The predicted octanol–water partition coefficient (Wildman–Crippen LogP) is 2.96. The molecule has 3 nitrogen and oxygen atoms in total. The molecule has 1 N–H and O–H groups in total. The van der Waals surface area contributed by atoms with Crippen LogP contribution in [0.5, 0.6) is 0 Å². The fraction of sp³-hybridized carbons (Fsp3) is 0.733. The molecule has 18 heavy (non-hydrogen) atoms. The van der Waals surface area contributed by atoms with E-state index >= 15 is 0 Å². The van der Waals surface area contributed by atoms with Gasteiger partial charge in [0, 0.05) is 18.7 Å². The van der Waals surface area contributed by atoms with Crippen molar-refractivity contribution in [1.29, 1.82) is 0 Å². The van der Waals surface area contributed by atoms with Crippen molar-refractivity contribution in [2.45, 2.75) is 51.7 Å². The Morgan fingerprint density at radius 1 is 1.33 bits per heavy atom. The van der Waals surface area contributed by atoms with Crippen LogP contribution < -0.4 is 0 Å². The molecule has 0 aromatic carbocycles. The molecule has 0 aliphatic heterocycles. The summed E-state index contributed by atoms with van der Waals surface area (Å²) in [6.07, 6.45) is 7.50. The van der Waals surface area contributed by atoms with Crippen molar-refractivity contribution in [2.75, 3.05) is 13.6 Å². The van der Waals surface area contributed by atoms with Gasteiger partial charge < -0.3 is 14.4 Å². The van der Waals surface area contributed by atoms with E-state index in [2.05, 4.69) is 11.9 Å². The van der Waals surface area contributed by atoms with Crippen molar-refractivity contribution in [3.05, 3.63) is 23.7 Å². The second-order valence-electron chi connectivity index (χ2n) is 5.66. The maximum Gasteiger partial charge on any atom is 0.105 e. The van der Waals surface area contributed by atoms with Gasteiger partial charge in [0.15, 0.2) is 0 Å². The van der Waals surface area contributed by atoms with Crippen LogP contribution >= 0.6 is 0 Å². The summed E-state index contributed by atoms with van der Waals surface area (Å²) < 4.78 is 5.32. The Balaban J connectivity index is 1.86. The molecule has 2 atom stereocenters. The molecule has 0 amide bonds. The van der Waals surface area contributed by atoms with Gasteiger partial charge in [-0.2, -0.15) is 0 Å². The predicted molar refractivity (Wildman–Crippen MR) is 72.4 cm³/mol. The second kappa shape index (κ2) is 6.39. The Kier molecular flexibility index (Phi) is 4.84. The van der Waals surface area contributed by atoms with Gasteiger partial charge in [-0.1, -0.05) is 19.3 Å². The third kappa shape index (κ3) is 3.59. The maximum atomic E-state index is 10.1. The molecule has 1 aromatic heterocycles. The Bertz CT molecular complexity index is 361. The Hall–Kier alpha value is -0.800. The van der Waals surface area contributed by atoms with Gasteiger partial charge >= 0.3 is 0 Å². The number of aryl methyl sites for hydroxylation is 1. The maximum absolute atomic E-state index is 10.1. The molecule has 2 unspecified atom stereocenters. The minimum atomic E-state index is -0.111. The molecule has 1 aromatic rings. The van der Waals surface area contributed by atoms with E-state index < -0.39 is 0 Å². The van der Waals surface area contributed by atoms with Crippen molar-refractivity contribution in [3.63, 3.8) is 0 Å². The molecular weight excluding hydrogens is 226 g/mol. The zero-order chi connectivity index (χ0) is 13.0. The summed E-state index contributed by atoms with van der Waals surface area (Å²) in [6.45, 7) is 3.89. The number of aliphatic hydroxyl groups is 1. The van der Waals surface area contributed by atoms with E-state index in [-0.39, 0.29) is 6.10 Å². The number of hydrogen-bond acceptors (Lipinski definition) is 3. The Morgan fingerprint density at radius 3 is 2.83 bits per heavy atom. The fourth-order valence-electron chi connectivity index (χ4n) is 2.91. The van der Waals surface area contributed by atoms with Crippen LogP contribution in [0.2, 0.25) is 0 Å². The van der Waals surface area contributed by atoms with E-state index in [1.54, 1.807) is 6.26 Å². The lowest BCUT2D eigenvalue weighted by atomic mass is 9.96. The summed E-state index contributed by atoms with van der Waals surface area (Å²) in [5, 5.41) is 10.1. The number of hydrogen-bond donors (Lipinski definition) is 1. The summed E-state index contributed by atoms with van der Waals surface area (Å²) in [5.74, 6) is 1.44. The van der Waals surface area contributed by atoms with E-state index in [1.807, 2.05) is 13.0 Å². The van der Waals surface area contributed by atoms with Crippen molar-refractivity contribution in [3.8, 4) is 0 Å². The highest BCUT2D eigenvalue weighted by Gasteiger charge is 2.23. The first kappa shape index (κ1) is 13.6. The summed E-state index contributed by atoms with van der Waals surface area (Å²) in [6, 6.07) is 2.04. The quantitative estimate of drug-likeness (QED) is 0.836. The smallest absolute Gasteiger partial charge is 0.105 e. The third-order valence-electron chi connectivity index (χ3n) is 4.07. The molecule has 1 fully saturated rings. The molecule has 102 valence electrons. The first-order chi connectivity index (χ1) is 8.66. The molecule has 1 heterocycles. The average Bonchev–Trinajstić information content (AvgIpc) is 2.61. The normalized spacial score (nSPS) is 25.3. The van der Waals surface area contributed by atoms with Gasteiger partial charge in [0.2, 0.25) is 0 Å². The monoisotopic (exact) mass is 251 g/mol. The average molecular weight is 251 g/mol. The molecule has 3 heteroatoms. The number of nitrogens with zero attached hydrogens (tertiary/aromatic N) is 1. The molecule has 0 saturated heterocycles. The number of furan rings is 1. The molecule has 1 aliphatic carbocycles. The first-order valence-electron chi connectivity index (χ1n) is 7.06. The lowest BCUT2D eigenvalue weighted by molar-refractivity contribution is 0.0779. The van der Waals surface area contributed by atoms with Gasteiger partial charge in [-0.05, 0) is 38.8 Å². The Labute approximate surface area is 110 Å². The van der Waals surface area contributed by atoms with E-state index in [4.69, 9.17) is 4.42 Å². The lowest BCUT2D eigenvalue weighted by Crippen LogP contribution is -2.32. The second-order valence-corrected chi connectivity index (χ2v) is 5.66. The third-order valence-corrected chi connectivity index (χ3v) is 4.07. The zero-order valence-corrected chi connectivity index (χ0v) is 11.6. The van der Waals surface area contributed by atoms with Gasteiger partial charge in [0.25, 0.3) is 0 Å².